The monoisotopic (exact) mass is 259 g/mol. The predicted octanol–water partition coefficient (Wildman–Crippen LogP) is 3.24. The highest BCUT2D eigenvalue weighted by atomic mass is 32.1. The van der Waals surface area contributed by atoms with Crippen molar-refractivity contribution < 1.29 is 8.78 Å². The van der Waals surface area contributed by atoms with Crippen molar-refractivity contribution in [2.24, 2.45) is 5.41 Å². The molecular weight excluding hydrogens is 244 g/mol. The van der Waals surface area contributed by atoms with Gasteiger partial charge in [-0.25, -0.2) is 8.78 Å². The molecule has 1 aromatic heterocycles. The Hall–Kier alpha value is -0.780. The van der Waals surface area contributed by atoms with Gasteiger partial charge in [0, 0.05) is 12.6 Å². The molecule has 3 rings (SSSR count). The molecule has 94 valence electrons. The standard InChI is InChI=1S/C11H15F2N3S/c1-7-5-11(3-2-4-11)6-16(7)10-15-14-9(17-10)8(12)13/h7-8H,2-6H2,1H3. The van der Waals surface area contributed by atoms with E-state index in [1.165, 1.54) is 19.3 Å². The molecule has 0 N–H and O–H groups in total. The summed E-state index contributed by atoms with van der Waals surface area (Å²) in [6.07, 6.45) is 2.51. The molecule has 1 unspecified atom stereocenters. The van der Waals surface area contributed by atoms with E-state index in [-0.39, 0.29) is 5.01 Å². The number of anilines is 1. The summed E-state index contributed by atoms with van der Waals surface area (Å²) in [5.41, 5.74) is 0.441. The maximum atomic E-state index is 12.5. The van der Waals surface area contributed by atoms with Gasteiger partial charge in [0.05, 0.1) is 0 Å². The van der Waals surface area contributed by atoms with Gasteiger partial charge >= 0.3 is 0 Å². The van der Waals surface area contributed by atoms with Gasteiger partial charge < -0.3 is 4.90 Å². The Bertz CT molecular complexity index is 417. The van der Waals surface area contributed by atoms with Gasteiger partial charge in [-0.3, -0.25) is 0 Å². The Labute approximate surface area is 103 Å². The van der Waals surface area contributed by atoms with Crippen LogP contribution in [0.3, 0.4) is 0 Å². The lowest BCUT2D eigenvalue weighted by Crippen LogP contribution is -2.33. The third-order valence-electron chi connectivity index (χ3n) is 4.04. The van der Waals surface area contributed by atoms with E-state index in [0.29, 0.717) is 16.6 Å². The van der Waals surface area contributed by atoms with Crippen LogP contribution < -0.4 is 4.90 Å². The quantitative estimate of drug-likeness (QED) is 0.816. The molecule has 2 fully saturated rings. The van der Waals surface area contributed by atoms with Gasteiger partial charge in [0.1, 0.15) is 0 Å². The van der Waals surface area contributed by atoms with Gasteiger partial charge in [-0.1, -0.05) is 17.8 Å². The van der Waals surface area contributed by atoms with Crippen LogP contribution in [-0.4, -0.2) is 22.8 Å². The molecule has 1 saturated carbocycles. The van der Waals surface area contributed by atoms with Crippen LogP contribution in [0.2, 0.25) is 0 Å². The molecule has 0 bridgehead atoms. The summed E-state index contributed by atoms with van der Waals surface area (Å²) in [5, 5.41) is 7.97. The van der Waals surface area contributed by atoms with Gasteiger partial charge in [0.15, 0.2) is 5.01 Å². The van der Waals surface area contributed by atoms with E-state index in [1.807, 2.05) is 0 Å². The summed E-state index contributed by atoms with van der Waals surface area (Å²) in [6, 6.07) is 0.397. The molecule has 0 aromatic carbocycles. The molecule has 17 heavy (non-hydrogen) atoms. The third kappa shape index (κ3) is 1.82. The van der Waals surface area contributed by atoms with Crippen molar-refractivity contribution in [1.82, 2.24) is 10.2 Å². The Morgan fingerprint density at radius 1 is 1.41 bits per heavy atom. The van der Waals surface area contributed by atoms with Crippen molar-refractivity contribution in [3.8, 4) is 0 Å². The molecule has 0 amide bonds. The van der Waals surface area contributed by atoms with Gasteiger partial charge in [-0.2, -0.15) is 0 Å². The molecule has 1 aliphatic heterocycles. The highest BCUT2D eigenvalue weighted by Crippen LogP contribution is 2.51. The molecule has 1 aliphatic carbocycles. The van der Waals surface area contributed by atoms with Crippen LogP contribution in [-0.2, 0) is 0 Å². The number of nitrogens with zero attached hydrogens (tertiary/aromatic N) is 3. The zero-order valence-corrected chi connectivity index (χ0v) is 10.5. The van der Waals surface area contributed by atoms with Crippen molar-refractivity contribution in [2.45, 2.75) is 45.1 Å². The lowest BCUT2D eigenvalue weighted by molar-refractivity contribution is 0.150. The van der Waals surface area contributed by atoms with Crippen LogP contribution in [0.25, 0.3) is 0 Å². The van der Waals surface area contributed by atoms with Crippen molar-refractivity contribution in [3.63, 3.8) is 0 Å². The summed E-state index contributed by atoms with van der Waals surface area (Å²) in [6.45, 7) is 3.11. The summed E-state index contributed by atoms with van der Waals surface area (Å²) < 4.78 is 25.0. The van der Waals surface area contributed by atoms with Gasteiger partial charge in [-0.15, -0.1) is 10.2 Å². The van der Waals surface area contributed by atoms with E-state index in [1.54, 1.807) is 0 Å². The fourth-order valence-electron chi connectivity index (χ4n) is 3.04. The molecule has 3 nitrogen and oxygen atoms in total. The fourth-order valence-corrected chi connectivity index (χ4v) is 3.85. The third-order valence-corrected chi connectivity index (χ3v) is 5.01. The number of halogens is 2. The van der Waals surface area contributed by atoms with E-state index < -0.39 is 6.43 Å². The number of rotatable bonds is 2. The summed E-state index contributed by atoms with van der Waals surface area (Å²) in [4.78, 5) is 2.16. The highest BCUT2D eigenvalue weighted by Gasteiger charge is 2.46. The maximum Gasteiger partial charge on any atom is 0.291 e. The average Bonchev–Trinajstić information content (AvgIpc) is 2.80. The highest BCUT2D eigenvalue weighted by molar-refractivity contribution is 7.15. The molecule has 6 heteroatoms. The molecular formula is C11H15F2N3S. The number of aromatic nitrogens is 2. The molecule has 1 aromatic rings. The Balaban J connectivity index is 1.79. The van der Waals surface area contributed by atoms with E-state index >= 15 is 0 Å². The Morgan fingerprint density at radius 3 is 2.65 bits per heavy atom. The van der Waals surface area contributed by atoms with E-state index in [0.717, 1.165) is 24.3 Å². The minimum Gasteiger partial charge on any atom is -0.343 e. The lowest BCUT2D eigenvalue weighted by atomic mass is 9.68. The zero-order chi connectivity index (χ0) is 12.0. The molecule has 1 atom stereocenters. The molecule has 2 aliphatic rings. The normalized spacial score (nSPS) is 26.8. The Kier molecular flexibility index (Phi) is 2.57. The first-order valence-electron chi connectivity index (χ1n) is 5.98. The first kappa shape index (κ1) is 11.3. The molecule has 0 radical (unpaired) electrons. The lowest BCUT2D eigenvalue weighted by Gasteiger charge is -2.37. The minimum atomic E-state index is -2.50. The van der Waals surface area contributed by atoms with Crippen LogP contribution in [0.1, 0.15) is 44.0 Å². The van der Waals surface area contributed by atoms with Crippen LogP contribution in [0.4, 0.5) is 13.9 Å². The van der Waals surface area contributed by atoms with Crippen LogP contribution >= 0.6 is 11.3 Å². The fraction of sp³-hybridized carbons (Fsp3) is 0.818. The van der Waals surface area contributed by atoms with Gasteiger partial charge in [0.25, 0.3) is 6.43 Å². The van der Waals surface area contributed by atoms with Crippen LogP contribution in [0.15, 0.2) is 0 Å². The summed E-state index contributed by atoms with van der Waals surface area (Å²) in [7, 11) is 0. The van der Waals surface area contributed by atoms with Crippen molar-refractivity contribution in [1.29, 1.82) is 0 Å². The first-order valence-corrected chi connectivity index (χ1v) is 6.79. The van der Waals surface area contributed by atoms with Crippen LogP contribution in [0.5, 0.6) is 0 Å². The zero-order valence-electron chi connectivity index (χ0n) is 9.70. The topological polar surface area (TPSA) is 29.0 Å². The van der Waals surface area contributed by atoms with E-state index in [9.17, 15) is 8.78 Å². The Morgan fingerprint density at radius 2 is 2.18 bits per heavy atom. The summed E-state index contributed by atoms with van der Waals surface area (Å²) in [5.74, 6) is 0. The SMILES string of the molecule is CC1CC2(CCC2)CN1c1nnc(C(F)F)s1. The first-order chi connectivity index (χ1) is 8.10. The van der Waals surface area contributed by atoms with Crippen molar-refractivity contribution >= 4 is 16.5 Å². The minimum absolute atomic E-state index is 0.165. The largest absolute Gasteiger partial charge is 0.343 e. The van der Waals surface area contributed by atoms with E-state index in [4.69, 9.17) is 0 Å². The molecule has 1 spiro atoms. The van der Waals surface area contributed by atoms with Gasteiger partial charge in [-0.05, 0) is 31.6 Å². The number of alkyl halides is 2. The van der Waals surface area contributed by atoms with Crippen molar-refractivity contribution in [2.75, 3.05) is 11.4 Å². The second-order valence-corrected chi connectivity index (χ2v) is 6.25. The number of hydrogen-bond acceptors (Lipinski definition) is 4. The van der Waals surface area contributed by atoms with E-state index in [2.05, 4.69) is 22.0 Å². The van der Waals surface area contributed by atoms with Crippen LogP contribution in [0, 0.1) is 5.41 Å². The average molecular weight is 259 g/mol. The second kappa shape index (κ2) is 3.86. The second-order valence-electron chi connectivity index (χ2n) is 5.26. The summed E-state index contributed by atoms with van der Waals surface area (Å²) >= 11 is 1.03. The molecule has 1 saturated heterocycles. The maximum absolute atomic E-state index is 12.5. The van der Waals surface area contributed by atoms with Crippen molar-refractivity contribution in [3.05, 3.63) is 5.01 Å². The van der Waals surface area contributed by atoms with Gasteiger partial charge in [0.2, 0.25) is 5.13 Å². The smallest absolute Gasteiger partial charge is 0.291 e. The number of hydrogen-bond donors (Lipinski definition) is 0. The molecule has 2 heterocycles. The predicted molar refractivity (Wildman–Crippen MR) is 62.6 cm³/mol.